The van der Waals surface area contributed by atoms with Crippen LogP contribution in [0.25, 0.3) is 0 Å². The summed E-state index contributed by atoms with van der Waals surface area (Å²) in [7, 11) is 0. The zero-order chi connectivity index (χ0) is 10.2. The van der Waals surface area contributed by atoms with Gasteiger partial charge in [0.1, 0.15) is 4.93 Å². The molecule has 2 aliphatic rings. The van der Waals surface area contributed by atoms with E-state index < -0.39 is 0 Å². The van der Waals surface area contributed by atoms with Crippen molar-refractivity contribution in [2.75, 3.05) is 12.4 Å². The molecule has 1 nitrogen and oxygen atoms in total. The van der Waals surface area contributed by atoms with Crippen LogP contribution in [-0.2, 0) is 4.74 Å². The van der Waals surface area contributed by atoms with Crippen molar-refractivity contribution >= 4 is 11.8 Å². The molecule has 82 valence electrons. The van der Waals surface area contributed by atoms with E-state index in [1.54, 1.807) is 0 Å². The first-order chi connectivity index (χ1) is 6.52. The van der Waals surface area contributed by atoms with Crippen LogP contribution in [0.2, 0.25) is 0 Å². The molecule has 0 aromatic rings. The largest absolute Gasteiger partial charge is 0.364 e. The van der Waals surface area contributed by atoms with Crippen LogP contribution in [0.15, 0.2) is 0 Å². The van der Waals surface area contributed by atoms with Crippen molar-refractivity contribution in [1.29, 1.82) is 0 Å². The Morgan fingerprint density at radius 3 is 2.64 bits per heavy atom. The summed E-state index contributed by atoms with van der Waals surface area (Å²) >= 11 is 2.07. The number of ether oxygens (including phenoxy) is 1. The summed E-state index contributed by atoms with van der Waals surface area (Å²) in [5.74, 6) is 2.12. The van der Waals surface area contributed by atoms with Crippen LogP contribution in [-0.4, -0.2) is 17.3 Å². The first kappa shape index (κ1) is 10.8. The van der Waals surface area contributed by atoms with E-state index in [1.807, 2.05) is 0 Å². The van der Waals surface area contributed by atoms with E-state index in [2.05, 4.69) is 32.5 Å². The minimum absolute atomic E-state index is 0.180. The van der Waals surface area contributed by atoms with Crippen molar-refractivity contribution < 1.29 is 4.74 Å². The summed E-state index contributed by atoms with van der Waals surface area (Å²) in [6.45, 7) is 8.14. The lowest BCUT2D eigenvalue weighted by molar-refractivity contribution is -0.0526. The number of thioether (sulfide) groups is 1. The van der Waals surface area contributed by atoms with E-state index in [9.17, 15) is 0 Å². The molecular weight excluding hydrogens is 192 g/mol. The second-order valence-electron chi connectivity index (χ2n) is 5.82. The SMILES string of the molecule is CC1CC(C)(C)CC2(C1)OCCCS2. The van der Waals surface area contributed by atoms with E-state index in [1.165, 1.54) is 31.4 Å². The van der Waals surface area contributed by atoms with Gasteiger partial charge in [0, 0.05) is 6.61 Å². The van der Waals surface area contributed by atoms with Crippen LogP contribution < -0.4 is 0 Å². The molecule has 1 aliphatic carbocycles. The van der Waals surface area contributed by atoms with Gasteiger partial charge in [-0.3, -0.25) is 0 Å². The molecule has 2 heteroatoms. The van der Waals surface area contributed by atoms with Gasteiger partial charge in [-0.1, -0.05) is 20.8 Å². The van der Waals surface area contributed by atoms with Gasteiger partial charge in [0.05, 0.1) is 0 Å². The van der Waals surface area contributed by atoms with E-state index >= 15 is 0 Å². The molecular formula is C12H22OS. The Kier molecular flexibility index (Phi) is 2.87. The Hall–Kier alpha value is 0.310. The lowest BCUT2D eigenvalue weighted by Gasteiger charge is -2.48. The van der Waals surface area contributed by atoms with E-state index in [0.717, 1.165) is 12.5 Å². The topological polar surface area (TPSA) is 9.23 Å². The van der Waals surface area contributed by atoms with Gasteiger partial charge in [0.2, 0.25) is 0 Å². The maximum atomic E-state index is 6.08. The Morgan fingerprint density at radius 1 is 1.29 bits per heavy atom. The lowest BCUT2D eigenvalue weighted by atomic mass is 9.71. The highest BCUT2D eigenvalue weighted by Gasteiger charge is 2.45. The summed E-state index contributed by atoms with van der Waals surface area (Å²) in [5.41, 5.74) is 0.474. The van der Waals surface area contributed by atoms with Crippen LogP contribution in [0.5, 0.6) is 0 Å². The smallest absolute Gasteiger partial charge is 0.114 e. The maximum absolute atomic E-state index is 6.08. The van der Waals surface area contributed by atoms with Crippen LogP contribution in [0.1, 0.15) is 46.5 Å². The van der Waals surface area contributed by atoms with Gasteiger partial charge in [-0.05, 0) is 42.8 Å². The molecule has 0 N–H and O–H groups in total. The van der Waals surface area contributed by atoms with E-state index in [4.69, 9.17) is 4.74 Å². The van der Waals surface area contributed by atoms with E-state index in [-0.39, 0.29) is 4.93 Å². The molecule has 2 atom stereocenters. The van der Waals surface area contributed by atoms with Crippen LogP contribution in [0, 0.1) is 11.3 Å². The van der Waals surface area contributed by atoms with Crippen molar-refractivity contribution in [3.63, 3.8) is 0 Å². The van der Waals surface area contributed by atoms with Crippen molar-refractivity contribution in [2.45, 2.75) is 51.4 Å². The first-order valence-corrected chi connectivity index (χ1v) is 6.78. The first-order valence-electron chi connectivity index (χ1n) is 5.79. The summed E-state index contributed by atoms with van der Waals surface area (Å²) < 4.78 is 6.08. The fourth-order valence-corrected chi connectivity index (χ4v) is 4.95. The predicted octanol–water partition coefficient (Wildman–Crippen LogP) is 3.68. The van der Waals surface area contributed by atoms with Gasteiger partial charge in [0.25, 0.3) is 0 Å². The van der Waals surface area contributed by atoms with Gasteiger partial charge in [-0.2, -0.15) is 0 Å². The Labute approximate surface area is 92.0 Å². The third-order valence-electron chi connectivity index (χ3n) is 3.33. The average molecular weight is 214 g/mol. The molecule has 0 bridgehead atoms. The molecule has 0 aromatic carbocycles. The molecule has 1 saturated carbocycles. The quantitative estimate of drug-likeness (QED) is 0.608. The second-order valence-corrected chi connectivity index (χ2v) is 7.26. The Balaban J connectivity index is 2.10. The fourth-order valence-electron chi connectivity index (χ4n) is 3.26. The molecule has 2 rings (SSSR count). The minimum atomic E-state index is 0.180. The molecule has 0 radical (unpaired) electrons. The second kappa shape index (κ2) is 3.71. The molecule has 1 saturated heterocycles. The zero-order valence-corrected chi connectivity index (χ0v) is 10.5. The summed E-state index contributed by atoms with van der Waals surface area (Å²) in [4.78, 5) is 0.180. The van der Waals surface area contributed by atoms with Crippen LogP contribution >= 0.6 is 11.8 Å². The molecule has 2 fully saturated rings. The number of hydrogen-bond acceptors (Lipinski definition) is 2. The molecule has 1 heterocycles. The summed E-state index contributed by atoms with van der Waals surface area (Å²) in [6.07, 6.45) is 5.11. The lowest BCUT2D eigenvalue weighted by Crippen LogP contribution is -2.44. The Morgan fingerprint density at radius 2 is 2.07 bits per heavy atom. The number of hydrogen-bond donors (Lipinski definition) is 0. The van der Waals surface area contributed by atoms with Crippen LogP contribution in [0.3, 0.4) is 0 Å². The highest BCUT2D eigenvalue weighted by Crippen LogP contribution is 2.52. The van der Waals surface area contributed by atoms with Crippen molar-refractivity contribution in [3.05, 3.63) is 0 Å². The molecule has 1 spiro atoms. The van der Waals surface area contributed by atoms with Crippen molar-refractivity contribution in [3.8, 4) is 0 Å². The maximum Gasteiger partial charge on any atom is 0.114 e. The molecule has 2 unspecified atom stereocenters. The van der Waals surface area contributed by atoms with Crippen molar-refractivity contribution in [2.24, 2.45) is 11.3 Å². The van der Waals surface area contributed by atoms with Crippen molar-refractivity contribution in [1.82, 2.24) is 0 Å². The summed E-state index contributed by atoms with van der Waals surface area (Å²) in [5, 5.41) is 0. The predicted molar refractivity (Wildman–Crippen MR) is 62.6 cm³/mol. The van der Waals surface area contributed by atoms with Gasteiger partial charge in [-0.25, -0.2) is 0 Å². The van der Waals surface area contributed by atoms with Gasteiger partial charge in [0.15, 0.2) is 0 Å². The van der Waals surface area contributed by atoms with Gasteiger partial charge in [-0.15, -0.1) is 11.8 Å². The molecule has 1 aliphatic heterocycles. The Bertz CT molecular complexity index is 206. The van der Waals surface area contributed by atoms with Crippen LogP contribution in [0.4, 0.5) is 0 Å². The third-order valence-corrected chi connectivity index (χ3v) is 4.78. The molecule has 0 aromatic heterocycles. The van der Waals surface area contributed by atoms with Gasteiger partial charge >= 0.3 is 0 Å². The monoisotopic (exact) mass is 214 g/mol. The zero-order valence-electron chi connectivity index (χ0n) is 9.64. The van der Waals surface area contributed by atoms with E-state index in [0.29, 0.717) is 5.41 Å². The number of rotatable bonds is 0. The molecule has 0 amide bonds. The summed E-state index contributed by atoms with van der Waals surface area (Å²) in [6, 6.07) is 0. The molecule has 14 heavy (non-hydrogen) atoms. The fraction of sp³-hybridized carbons (Fsp3) is 1.00. The van der Waals surface area contributed by atoms with Gasteiger partial charge < -0.3 is 4.74 Å². The average Bonchev–Trinajstić information content (AvgIpc) is 2.00. The standard InChI is InChI=1S/C12H22OS/c1-10-7-11(2,3)9-12(8-10)13-5-4-6-14-12/h10H,4-9H2,1-3H3. The highest BCUT2D eigenvalue weighted by atomic mass is 32.2. The minimum Gasteiger partial charge on any atom is -0.364 e. The normalized spacial score (nSPS) is 42.6. The third kappa shape index (κ3) is 2.27. The highest BCUT2D eigenvalue weighted by molar-refractivity contribution is 8.00.